The number of cyclic esters (lactones) is 1. The summed E-state index contributed by atoms with van der Waals surface area (Å²) in [6.07, 6.45) is 7.06. The summed E-state index contributed by atoms with van der Waals surface area (Å²) in [5, 5.41) is 0.648. The Kier molecular flexibility index (Phi) is 5.29. The van der Waals surface area contributed by atoms with Crippen LogP contribution in [-0.2, 0) is 9.53 Å². The van der Waals surface area contributed by atoms with Crippen molar-refractivity contribution < 1.29 is 14.3 Å². The number of nitrogens with zero attached hydrogens (tertiary/aromatic N) is 4. The number of ether oxygens (including phenoxy) is 1. The number of likely N-dealkylation sites (N-methyl/N-ethyl adjacent to an activating group) is 1. The Morgan fingerprint density at radius 1 is 1.36 bits per heavy atom. The van der Waals surface area contributed by atoms with E-state index in [1.807, 2.05) is 25.3 Å². The van der Waals surface area contributed by atoms with Crippen molar-refractivity contribution in [3.63, 3.8) is 0 Å². The van der Waals surface area contributed by atoms with Gasteiger partial charge in [0.25, 0.3) is 5.91 Å². The number of thioether (sulfide) groups is 1. The maximum atomic E-state index is 12.6. The van der Waals surface area contributed by atoms with Gasteiger partial charge < -0.3 is 14.5 Å². The van der Waals surface area contributed by atoms with Crippen LogP contribution in [0.15, 0.2) is 17.6 Å². The minimum absolute atomic E-state index is 0.0442. The molecule has 3 rings (SSSR count). The predicted molar refractivity (Wildman–Crippen MR) is 94.4 cm³/mol. The van der Waals surface area contributed by atoms with Gasteiger partial charge in [-0.1, -0.05) is 11.8 Å². The zero-order valence-electron chi connectivity index (χ0n) is 14.9. The standard InChI is InChI=1S/C17H24N4O3S/c1-20(2)11-13-8-17(15(23)24-13)4-6-21(7-5-17)14(22)12-9-18-16(25-3)19-10-12/h9-10,13H,4-8,11H2,1-3H3. The van der Waals surface area contributed by atoms with Crippen molar-refractivity contribution in [2.75, 3.05) is 40.0 Å². The van der Waals surface area contributed by atoms with Gasteiger partial charge in [0.15, 0.2) is 5.16 Å². The summed E-state index contributed by atoms with van der Waals surface area (Å²) in [6, 6.07) is 0. The molecule has 1 aromatic rings. The minimum Gasteiger partial charge on any atom is -0.461 e. The molecule has 1 atom stereocenters. The molecule has 2 aliphatic heterocycles. The van der Waals surface area contributed by atoms with Crippen LogP contribution in [0.4, 0.5) is 0 Å². The SMILES string of the molecule is CSc1ncc(C(=O)N2CCC3(CC2)CC(CN(C)C)OC3=O)cn1. The van der Waals surface area contributed by atoms with Crippen molar-refractivity contribution in [2.24, 2.45) is 5.41 Å². The van der Waals surface area contributed by atoms with E-state index in [4.69, 9.17) is 4.74 Å². The quantitative estimate of drug-likeness (QED) is 0.453. The van der Waals surface area contributed by atoms with Crippen LogP contribution in [0, 0.1) is 5.41 Å². The number of hydrogen-bond acceptors (Lipinski definition) is 7. The predicted octanol–water partition coefficient (Wildman–Crippen LogP) is 1.30. The van der Waals surface area contributed by atoms with Crippen molar-refractivity contribution in [1.29, 1.82) is 0 Å². The lowest BCUT2D eigenvalue weighted by atomic mass is 9.76. The Hall–Kier alpha value is -1.67. The summed E-state index contributed by atoms with van der Waals surface area (Å²) in [6.45, 7) is 1.87. The maximum Gasteiger partial charge on any atom is 0.312 e. The van der Waals surface area contributed by atoms with Gasteiger partial charge in [-0.3, -0.25) is 9.59 Å². The van der Waals surface area contributed by atoms with Crippen molar-refractivity contribution in [2.45, 2.75) is 30.5 Å². The van der Waals surface area contributed by atoms with Gasteiger partial charge in [-0.05, 0) is 33.2 Å². The number of carbonyl (C=O) groups is 2. The Morgan fingerprint density at radius 3 is 2.56 bits per heavy atom. The number of likely N-dealkylation sites (tertiary alicyclic amines) is 1. The lowest BCUT2D eigenvalue weighted by Gasteiger charge is -2.36. The van der Waals surface area contributed by atoms with E-state index in [9.17, 15) is 9.59 Å². The summed E-state index contributed by atoms with van der Waals surface area (Å²) in [5.41, 5.74) is 0.0738. The number of aromatic nitrogens is 2. The number of carbonyl (C=O) groups excluding carboxylic acids is 2. The van der Waals surface area contributed by atoms with Crippen LogP contribution in [-0.4, -0.2) is 77.7 Å². The van der Waals surface area contributed by atoms with Crippen molar-refractivity contribution in [3.8, 4) is 0 Å². The van der Waals surface area contributed by atoms with E-state index in [1.54, 1.807) is 17.3 Å². The molecule has 7 nitrogen and oxygen atoms in total. The van der Waals surface area contributed by atoms with Crippen LogP contribution < -0.4 is 0 Å². The van der Waals surface area contributed by atoms with E-state index in [0.29, 0.717) is 36.7 Å². The second-order valence-electron chi connectivity index (χ2n) is 7.02. The molecule has 8 heteroatoms. The average Bonchev–Trinajstić information content (AvgIpc) is 2.89. The van der Waals surface area contributed by atoms with Gasteiger partial charge in [-0.25, -0.2) is 9.97 Å². The minimum atomic E-state index is -0.420. The normalized spacial score (nSPS) is 22.5. The highest BCUT2D eigenvalue weighted by Crippen LogP contribution is 2.43. The Balaban J connectivity index is 1.61. The van der Waals surface area contributed by atoms with E-state index in [0.717, 1.165) is 13.0 Å². The fraction of sp³-hybridized carbons (Fsp3) is 0.647. The third-order valence-electron chi connectivity index (χ3n) is 4.96. The molecule has 1 amide bonds. The van der Waals surface area contributed by atoms with Gasteiger partial charge in [-0.15, -0.1) is 0 Å². The maximum absolute atomic E-state index is 12.6. The largest absolute Gasteiger partial charge is 0.461 e. The van der Waals surface area contributed by atoms with E-state index < -0.39 is 5.41 Å². The first kappa shape index (κ1) is 18.1. The van der Waals surface area contributed by atoms with E-state index in [-0.39, 0.29) is 18.0 Å². The molecule has 1 aromatic heterocycles. The fourth-order valence-electron chi connectivity index (χ4n) is 3.61. The third-order valence-corrected chi connectivity index (χ3v) is 5.54. The highest BCUT2D eigenvalue weighted by molar-refractivity contribution is 7.98. The summed E-state index contributed by atoms with van der Waals surface area (Å²) < 4.78 is 5.56. The number of piperidine rings is 1. The molecular formula is C17H24N4O3S. The van der Waals surface area contributed by atoms with Crippen LogP contribution in [0.25, 0.3) is 0 Å². The molecule has 1 spiro atoms. The van der Waals surface area contributed by atoms with Crippen LogP contribution in [0.2, 0.25) is 0 Å². The summed E-state index contributed by atoms with van der Waals surface area (Å²) in [4.78, 5) is 37.1. The molecule has 25 heavy (non-hydrogen) atoms. The number of rotatable bonds is 4. The smallest absolute Gasteiger partial charge is 0.312 e. The molecule has 0 radical (unpaired) electrons. The molecule has 0 aliphatic carbocycles. The van der Waals surface area contributed by atoms with Gasteiger partial charge in [0.2, 0.25) is 0 Å². The van der Waals surface area contributed by atoms with Crippen LogP contribution in [0.3, 0.4) is 0 Å². The molecule has 136 valence electrons. The fourth-order valence-corrected chi connectivity index (χ4v) is 3.92. The summed E-state index contributed by atoms with van der Waals surface area (Å²) >= 11 is 1.44. The molecule has 0 N–H and O–H groups in total. The molecule has 1 unspecified atom stereocenters. The molecule has 2 aliphatic rings. The first-order chi connectivity index (χ1) is 11.9. The molecule has 3 heterocycles. The average molecular weight is 364 g/mol. The molecule has 0 aromatic carbocycles. The topological polar surface area (TPSA) is 75.6 Å². The Bertz CT molecular complexity index is 642. The van der Waals surface area contributed by atoms with E-state index >= 15 is 0 Å². The van der Waals surface area contributed by atoms with Crippen molar-refractivity contribution >= 4 is 23.6 Å². The van der Waals surface area contributed by atoms with E-state index in [1.165, 1.54) is 11.8 Å². The Labute approximate surface area is 152 Å². The summed E-state index contributed by atoms with van der Waals surface area (Å²) in [7, 11) is 3.95. The second kappa shape index (κ2) is 7.29. The zero-order valence-corrected chi connectivity index (χ0v) is 15.7. The van der Waals surface area contributed by atoms with Gasteiger partial charge in [0.1, 0.15) is 6.10 Å². The van der Waals surface area contributed by atoms with Gasteiger partial charge in [0, 0.05) is 38.4 Å². The lowest BCUT2D eigenvalue weighted by molar-refractivity contribution is -0.150. The second-order valence-corrected chi connectivity index (χ2v) is 7.80. The first-order valence-electron chi connectivity index (χ1n) is 8.45. The van der Waals surface area contributed by atoms with Crippen molar-refractivity contribution in [3.05, 3.63) is 18.0 Å². The highest BCUT2D eigenvalue weighted by atomic mass is 32.2. The number of hydrogen-bond donors (Lipinski definition) is 0. The van der Waals surface area contributed by atoms with Gasteiger partial charge >= 0.3 is 5.97 Å². The van der Waals surface area contributed by atoms with E-state index in [2.05, 4.69) is 9.97 Å². The van der Waals surface area contributed by atoms with Crippen LogP contribution >= 0.6 is 11.8 Å². The zero-order chi connectivity index (χ0) is 18.0. The molecule has 0 bridgehead atoms. The Morgan fingerprint density at radius 2 is 2.00 bits per heavy atom. The highest BCUT2D eigenvalue weighted by Gasteiger charge is 2.50. The number of amides is 1. The monoisotopic (exact) mass is 364 g/mol. The van der Waals surface area contributed by atoms with Crippen LogP contribution in [0.5, 0.6) is 0 Å². The summed E-state index contributed by atoms with van der Waals surface area (Å²) in [5.74, 6) is -0.169. The van der Waals surface area contributed by atoms with Crippen LogP contribution in [0.1, 0.15) is 29.6 Å². The first-order valence-corrected chi connectivity index (χ1v) is 9.67. The molecule has 0 saturated carbocycles. The third kappa shape index (κ3) is 3.79. The molecule has 2 fully saturated rings. The lowest BCUT2D eigenvalue weighted by Crippen LogP contribution is -2.45. The van der Waals surface area contributed by atoms with Crippen molar-refractivity contribution in [1.82, 2.24) is 19.8 Å². The molecule has 2 saturated heterocycles. The van der Waals surface area contributed by atoms with Gasteiger partial charge in [-0.2, -0.15) is 0 Å². The van der Waals surface area contributed by atoms with Gasteiger partial charge in [0.05, 0.1) is 11.0 Å². The number of esters is 1. The molecular weight excluding hydrogens is 340 g/mol.